The van der Waals surface area contributed by atoms with Crippen LogP contribution in [0.4, 0.5) is 0 Å². The predicted molar refractivity (Wildman–Crippen MR) is 90.0 cm³/mol. The van der Waals surface area contributed by atoms with E-state index < -0.39 is 5.79 Å². The topological polar surface area (TPSA) is 55.8 Å². The van der Waals surface area contributed by atoms with Gasteiger partial charge in [0, 0.05) is 24.2 Å². The van der Waals surface area contributed by atoms with E-state index in [9.17, 15) is 9.90 Å². The Labute approximate surface area is 145 Å². The molecule has 4 nitrogen and oxygen atoms in total. The number of ether oxygens (including phenoxy) is 2. The Kier molecular flexibility index (Phi) is 3.20. The minimum atomic E-state index is -0.948. The maximum atomic E-state index is 13.0. The van der Waals surface area contributed by atoms with E-state index in [1.165, 1.54) is 0 Å². The number of rotatable bonds is 3. The second-order valence-electron chi connectivity index (χ2n) is 11.1. The van der Waals surface area contributed by atoms with Gasteiger partial charge in [0.05, 0.1) is 5.92 Å². The van der Waals surface area contributed by atoms with E-state index in [4.69, 9.17) is 9.47 Å². The van der Waals surface area contributed by atoms with Gasteiger partial charge in [-0.2, -0.15) is 0 Å². The van der Waals surface area contributed by atoms with Gasteiger partial charge < -0.3 is 14.6 Å². The summed E-state index contributed by atoms with van der Waals surface area (Å²) in [6.07, 6.45) is 3.14. The molecule has 1 saturated heterocycles. The Balaban J connectivity index is 1.50. The fourth-order valence-corrected chi connectivity index (χ4v) is 5.70. The molecule has 1 spiro atoms. The summed E-state index contributed by atoms with van der Waals surface area (Å²) in [4.78, 5) is 13.0. The summed E-state index contributed by atoms with van der Waals surface area (Å²) in [7, 11) is 0. The second kappa shape index (κ2) is 4.56. The van der Waals surface area contributed by atoms with Crippen LogP contribution in [-0.2, 0) is 14.3 Å². The molecule has 1 N–H and O–H groups in total. The molecule has 1 aliphatic heterocycles. The number of carbonyl (C=O) groups excluding carboxylic acids is 1. The van der Waals surface area contributed by atoms with Crippen molar-refractivity contribution in [3.8, 4) is 0 Å². The number of carbonyl (C=O) groups is 1. The van der Waals surface area contributed by atoms with Gasteiger partial charge in [0.25, 0.3) is 0 Å². The van der Waals surface area contributed by atoms with Gasteiger partial charge in [-0.3, -0.25) is 4.79 Å². The predicted octanol–water partition coefficient (Wildman–Crippen LogP) is 3.51. The van der Waals surface area contributed by atoms with Crippen LogP contribution in [0, 0.1) is 34.0 Å². The van der Waals surface area contributed by atoms with Gasteiger partial charge in [0.1, 0.15) is 12.2 Å². The standard InChI is InChI=1S/C20H32O4/c1-17(2,3)9-13(18(4,5)6)16(21)23-15-14-12-10-19(22,24-14)7-11-8-20(11,12)15/h11-15,22H,7-10H2,1-6H3. The highest BCUT2D eigenvalue weighted by atomic mass is 16.7. The Morgan fingerprint density at radius 2 is 1.88 bits per heavy atom. The van der Waals surface area contributed by atoms with Crippen molar-refractivity contribution < 1.29 is 19.4 Å². The molecular weight excluding hydrogens is 304 g/mol. The normalized spacial score (nSPS) is 46.8. The van der Waals surface area contributed by atoms with E-state index in [-0.39, 0.29) is 40.3 Å². The lowest BCUT2D eigenvalue weighted by molar-refractivity contribution is -0.232. The molecule has 0 aromatic rings. The molecule has 4 aliphatic rings. The lowest BCUT2D eigenvalue weighted by Crippen LogP contribution is -2.59. The van der Waals surface area contributed by atoms with Crippen LogP contribution in [0.3, 0.4) is 0 Å². The molecule has 136 valence electrons. The van der Waals surface area contributed by atoms with Gasteiger partial charge in [0.2, 0.25) is 0 Å². The molecule has 0 aromatic heterocycles. The zero-order valence-electron chi connectivity index (χ0n) is 15.9. The first kappa shape index (κ1) is 16.8. The third-order valence-electron chi connectivity index (χ3n) is 6.96. The first-order valence-electron chi connectivity index (χ1n) is 9.46. The fourth-order valence-electron chi connectivity index (χ4n) is 5.70. The average molecular weight is 336 g/mol. The first-order chi connectivity index (χ1) is 10.9. The van der Waals surface area contributed by atoms with Crippen LogP contribution in [0.2, 0.25) is 0 Å². The lowest BCUT2D eigenvalue weighted by atomic mass is 9.60. The van der Waals surface area contributed by atoms with Crippen molar-refractivity contribution >= 4 is 5.97 Å². The summed E-state index contributed by atoms with van der Waals surface area (Å²) >= 11 is 0. The fraction of sp³-hybridized carbons (Fsp3) is 0.950. The van der Waals surface area contributed by atoms with Gasteiger partial charge in [-0.25, -0.2) is 0 Å². The molecule has 7 unspecified atom stereocenters. The summed E-state index contributed by atoms with van der Waals surface area (Å²) in [5.74, 6) is -0.266. The van der Waals surface area contributed by atoms with Crippen molar-refractivity contribution in [2.24, 2.45) is 34.0 Å². The van der Waals surface area contributed by atoms with E-state index in [0.717, 1.165) is 25.7 Å². The number of aliphatic hydroxyl groups is 1. The van der Waals surface area contributed by atoms with E-state index in [0.29, 0.717) is 11.8 Å². The smallest absolute Gasteiger partial charge is 0.309 e. The summed E-state index contributed by atoms with van der Waals surface area (Å²) in [6, 6.07) is 0. The van der Waals surface area contributed by atoms with Crippen molar-refractivity contribution in [2.75, 3.05) is 0 Å². The third kappa shape index (κ3) is 2.28. The lowest BCUT2D eigenvalue weighted by Gasteiger charge is -2.49. The number of fused-ring (bicyclic) bond motifs is 1. The summed E-state index contributed by atoms with van der Waals surface area (Å²) in [6.45, 7) is 12.9. The van der Waals surface area contributed by atoms with Crippen LogP contribution in [0.25, 0.3) is 0 Å². The Bertz CT molecular complexity index is 567. The largest absolute Gasteiger partial charge is 0.459 e. The zero-order valence-corrected chi connectivity index (χ0v) is 15.9. The van der Waals surface area contributed by atoms with E-state index in [1.807, 2.05) is 0 Å². The Morgan fingerprint density at radius 3 is 2.46 bits per heavy atom. The molecule has 4 heteroatoms. The molecular formula is C20H32O4. The summed E-state index contributed by atoms with van der Waals surface area (Å²) < 4.78 is 12.0. The SMILES string of the molecule is CC(C)(C)CC(C(=O)OC1C2OC3(O)CC4CC41C2C3)C(C)(C)C. The highest BCUT2D eigenvalue weighted by Crippen LogP contribution is 2.79. The van der Waals surface area contributed by atoms with Gasteiger partial charge in [-0.1, -0.05) is 41.5 Å². The number of esters is 1. The maximum Gasteiger partial charge on any atom is 0.309 e. The van der Waals surface area contributed by atoms with Crippen molar-refractivity contribution in [3.63, 3.8) is 0 Å². The molecule has 3 saturated carbocycles. The zero-order chi connectivity index (χ0) is 17.7. The molecule has 4 fully saturated rings. The van der Waals surface area contributed by atoms with E-state index >= 15 is 0 Å². The van der Waals surface area contributed by atoms with Crippen molar-refractivity contribution in [1.82, 2.24) is 0 Å². The molecule has 0 amide bonds. The molecule has 0 aromatic carbocycles. The van der Waals surface area contributed by atoms with Gasteiger partial charge in [-0.05, 0) is 29.6 Å². The van der Waals surface area contributed by atoms with E-state index in [1.54, 1.807) is 0 Å². The summed E-state index contributed by atoms with van der Waals surface area (Å²) in [5.41, 5.74) is 0.0886. The van der Waals surface area contributed by atoms with Crippen molar-refractivity contribution in [3.05, 3.63) is 0 Å². The maximum absolute atomic E-state index is 13.0. The third-order valence-corrected chi connectivity index (χ3v) is 6.96. The highest BCUT2D eigenvalue weighted by Gasteiger charge is 2.84. The quantitative estimate of drug-likeness (QED) is 0.801. The van der Waals surface area contributed by atoms with Gasteiger partial charge in [-0.15, -0.1) is 0 Å². The minimum Gasteiger partial charge on any atom is -0.459 e. The highest BCUT2D eigenvalue weighted by molar-refractivity contribution is 5.74. The number of hydrogen-bond donors (Lipinski definition) is 1. The molecule has 2 bridgehead atoms. The monoisotopic (exact) mass is 336 g/mol. The second-order valence-corrected chi connectivity index (χ2v) is 11.1. The van der Waals surface area contributed by atoms with Crippen molar-refractivity contribution in [2.45, 2.75) is 85.2 Å². The van der Waals surface area contributed by atoms with E-state index in [2.05, 4.69) is 41.5 Å². The average Bonchev–Trinajstić information content (AvgIpc) is 3.07. The van der Waals surface area contributed by atoms with Crippen LogP contribution >= 0.6 is 0 Å². The molecule has 24 heavy (non-hydrogen) atoms. The molecule has 4 rings (SSSR count). The summed E-state index contributed by atoms with van der Waals surface area (Å²) in [5, 5.41) is 10.5. The Morgan fingerprint density at radius 1 is 1.21 bits per heavy atom. The van der Waals surface area contributed by atoms with Gasteiger partial charge >= 0.3 is 5.97 Å². The van der Waals surface area contributed by atoms with Gasteiger partial charge in [0.15, 0.2) is 5.79 Å². The van der Waals surface area contributed by atoms with Crippen LogP contribution in [0.1, 0.15) is 67.2 Å². The van der Waals surface area contributed by atoms with Crippen LogP contribution in [0.15, 0.2) is 0 Å². The van der Waals surface area contributed by atoms with Crippen LogP contribution < -0.4 is 0 Å². The molecule has 1 heterocycles. The molecule has 3 aliphatic carbocycles. The van der Waals surface area contributed by atoms with Crippen molar-refractivity contribution in [1.29, 1.82) is 0 Å². The Hall–Kier alpha value is -0.610. The minimum absolute atomic E-state index is 0.0770. The number of hydrogen-bond acceptors (Lipinski definition) is 4. The molecule has 0 radical (unpaired) electrons. The molecule has 7 atom stereocenters. The van der Waals surface area contributed by atoms with Crippen LogP contribution in [-0.4, -0.2) is 29.1 Å². The first-order valence-corrected chi connectivity index (χ1v) is 9.46. The van der Waals surface area contributed by atoms with Crippen LogP contribution in [0.5, 0.6) is 0 Å².